The molecule has 0 aromatic carbocycles. The van der Waals surface area contributed by atoms with Gasteiger partial charge in [0.25, 0.3) is 0 Å². The van der Waals surface area contributed by atoms with Gasteiger partial charge in [0.2, 0.25) is 0 Å². The number of nitrogens with zero attached hydrogens (tertiary/aromatic N) is 1. The molecule has 2 aromatic heterocycles. The van der Waals surface area contributed by atoms with Crippen molar-refractivity contribution in [3.05, 3.63) is 71.1 Å². The molecule has 5 nitrogen and oxygen atoms in total. The number of furan rings is 1. The van der Waals surface area contributed by atoms with Crippen LogP contribution in [0, 0.1) is 5.92 Å². The summed E-state index contributed by atoms with van der Waals surface area (Å²) in [5.74, 6) is 1.06. The van der Waals surface area contributed by atoms with E-state index >= 15 is 0 Å². The van der Waals surface area contributed by atoms with E-state index in [1.54, 1.807) is 30.5 Å². The number of pyridine rings is 1. The predicted octanol–water partition coefficient (Wildman–Crippen LogP) is 3.45. The molecule has 3 N–H and O–H groups in total. The summed E-state index contributed by atoms with van der Waals surface area (Å²) in [6.45, 7) is 3.89. The summed E-state index contributed by atoms with van der Waals surface area (Å²) >= 11 is 0. The molecular weight excluding hydrogens is 318 g/mol. The Labute approximate surface area is 148 Å². The van der Waals surface area contributed by atoms with E-state index in [-0.39, 0.29) is 12.5 Å². The lowest BCUT2D eigenvalue weighted by atomic mass is 9.96. The molecule has 0 radical (unpaired) electrons. The second-order valence-electron chi connectivity index (χ2n) is 6.22. The van der Waals surface area contributed by atoms with E-state index in [0.29, 0.717) is 30.1 Å². The number of aliphatic hydroxyl groups excluding tert-OH is 3. The molecule has 0 saturated heterocycles. The number of rotatable bonds is 8. The molecule has 0 amide bonds. The second kappa shape index (κ2) is 9.35. The molecule has 2 aromatic rings. The van der Waals surface area contributed by atoms with E-state index < -0.39 is 12.2 Å². The topological polar surface area (TPSA) is 86.7 Å². The van der Waals surface area contributed by atoms with Gasteiger partial charge < -0.3 is 19.7 Å². The van der Waals surface area contributed by atoms with Crippen LogP contribution in [0.2, 0.25) is 0 Å². The van der Waals surface area contributed by atoms with Gasteiger partial charge in [-0.05, 0) is 41.8 Å². The zero-order valence-electron chi connectivity index (χ0n) is 14.6. The van der Waals surface area contributed by atoms with Gasteiger partial charge in [-0.25, -0.2) is 0 Å². The molecule has 25 heavy (non-hydrogen) atoms. The number of aromatic nitrogens is 1. The van der Waals surface area contributed by atoms with Crippen LogP contribution < -0.4 is 0 Å². The maximum atomic E-state index is 10.3. The van der Waals surface area contributed by atoms with Crippen molar-refractivity contribution in [1.29, 1.82) is 0 Å². The monoisotopic (exact) mass is 343 g/mol. The largest absolute Gasteiger partial charge is 0.461 e. The fraction of sp³-hybridized carbons (Fsp3) is 0.400. The fourth-order valence-electron chi connectivity index (χ4n) is 2.42. The molecule has 0 saturated carbocycles. The first kappa shape index (κ1) is 19.2. The lowest BCUT2D eigenvalue weighted by Crippen LogP contribution is -2.04. The molecule has 0 aliphatic heterocycles. The highest BCUT2D eigenvalue weighted by Gasteiger charge is 2.14. The molecular formula is C20H25NO4. The van der Waals surface area contributed by atoms with E-state index in [1.165, 1.54) is 0 Å². The molecule has 0 unspecified atom stereocenters. The first-order chi connectivity index (χ1) is 12.0. The van der Waals surface area contributed by atoms with Crippen LogP contribution in [0.15, 0.2) is 58.3 Å². The third-order valence-electron chi connectivity index (χ3n) is 3.93. The Kier molecular flexibility index (Phi) is 7.16. The van der Waals surface area contributed by atoms with Gasteiger partial charge in [-0.15, -0.1) is 5.73 Å². The molecule has 0 aliphatic rings. The molecule has 0 fully saturated rings. The first-order valence-electron chi connectivity index (χ1n) is 8.41. The second-order valence-corrected chi connectivity index (χ2v) is 6.22. The molecule has 2 atom stereocenters. The maximum absolute atomic E-state index is 10.3. The van der Waals surface area contributed by atoms with Crippen molar-refractivity contribution in [1.82, 2.24) is 4.98 Å². The van der Waals surface area contributed by atoms with Crippen molar-refractivity contribution in [2.45, 2.75) is 45.5 Å². The van der Waals surface area contributed by atoms with Gasteiger partial charge in [0.15, 0.2) is 0 Å². The zero-order valence-corrected chi connectivity index (χ0v) is 14.6. The summed E-state index contributed by atoms with van der Waals surface area (Å²) in [6, 6.07) is 8.75. The van der Waals surface area contributed by atoms with Gasteiger partial charge in [0.1, 0.15) is 30.3 Å². The van der Waals surface area contributed by atoms with Crippen molar-refractivity contribution in [3.63, 3.8) is 0 Å². The van der Waals surface area contributed by atoms with Crippen LogP contribution in [-0.4, -0.2) is 20.3 Å². The molecule has 0 spiro atoms. The van der Waals surface area contributed by atoms with Crippen LogP contribution in [0.3, 0.4) is 0 Å². The van der Waals surface area contributed by atoms with Crippen LogP contribution in [0.1, 0.15) is 56.1 Å². The summed E-state index contributed by atoms with van der Waals surface area (Å²) in [7, 11) is 0. The third kappa shape index (κ3) is 5.69. The average Bonchev–Trinajstić information content (AvgIpc) is 3.10. The summed E-state index contributed by atoms with van der Waals surface area (Å²) in [4.78, 5) is 4.18. The van der Waals surface area contributed by atoms with E-state index in [9.17, 15) is 10.2 Å². The Hall–Kier alpha value is -2.17. The van der Waals surface area contributed by atoms with Crippen molar-refractivity contribution in [2.75, 3.05) is 0 Å². The van der Waals surface area contributed by atoms with Crippen LogP contribution in [-0.2, 0) is 6.61 Å². The predicted molar refractivity (Wildman–Crippen MR) is 94.5 cm³/mol. The minimum absolute atomic E-state index is 0.189. The Morgan fingerprint density at radius 1 is 1.20 bits per heavy atom. The maximum Gasteiger partial charge on any atom is 0.133 e. The summed E-state index contributed by atoms with van der Waals surface area (Å²) < 4.78 is 5.32. The standard InChI is InChI=1S/C20H25NO4/c1-14(2)15(12-19(24)17-7-3-4-11-21-17)6-5-8-18(23)20-10-9-16(13-22)25-20/h3-5,7,9-11,14,18-19,22-24H,8,12-13H2,1-2H3/t6?,18-,19-/m1/s1. The Morgan fingerprint density at radius 3 is 2.60 bits per heavy atom. The normalized spacial score (nSPS) is 13.4. The van der Waals surface area contributed by atoms with E-state index in [2.05, 4.69) is 10.7 Å². The van der Waals surface area contributed by atoms with Gasteiger partial charge in [0, 0.05) is 19.0 Å². The van der Waals surface area contributed by atoms with Crippen LogP contribution >= 0.6 is 0 Å². The summed E-state index contributed by atoms with van der Waals surface area (Å²) in [6.07, 6.45) is 2.73. The van der Waals surface area contributed by atoms with Crippen molar-refractivity contribution >= 4 is 0 Å². The van der Waals surface area contributed by atoms with Gasteiger partial charge in [-0.1, -0.05) is 19.9 Å². The summed E-state index contributed by atoms with van der Waals surface area (Å²) in [5, 5.41) is 29.4. The minimum Gasteiger partial charge on any atom is -0.461 e. The van der Waals surface area contributed by atoms with Gasteiger partial charge >= 0.3 is 0 Å². The van der Waals surface area contributed by atoms with Gasteiger partial charge in [-0.2, -0.15) is 0 Å². The molecule has 0 bridgehead atoms. The minimum atomic E-state index is -0.790. The fourth-order valence-corrected chi connectivity index (χ4v) is 2.42. The molecule has 5 heteroatoms. The van der Waals surface area contributed by atoms with Crippen LogP contribution in [0.5, 0.6) is 0 Å². The van der Waals surface area contributed by atoms with Gasteiger partial charge in [-0.3, -0.25) is 4.98 Å². The molecule has 0 aliphatic carbocycles. The number of hydrogen-bond acceptors (Lipinski definition) is 5. The number of hydrogen-bond donors (Lipinski definition) is 3. The van der Waals surface area contributed by atoms with E-state index in [1.807, 2.05) is 26.0 Å². The van der Waals surface area contributed by atoms with E-state index in [0.717, 1.165) is 5.57 Å². The van der Waals surface area contributed by atoms with E-state index in [4.69, 9.17) is 9.52 Å². The zero-order chi connectivity index (χ0) is 18.2. The third-order valence-corrected chi connectivity index (χ3v) is 3.93. The van der Waals surface area contributed by atoms with Crippen molar-refractivity contribution < 1.29 is 19.7 Å². The van der Waals surface area contributed by atoms with Crippen molar-refractivity contribution in [2.24, 2.45) is 5.92 Å². The Balaban J connectivity index is 2.04. The smallest absolute Gasteiger partial charge is 0.133 e. The van der Waals surface area contributed by atoms with Crippen LogP contribution in [0.4, 0.5) is 0 Å². The Morgan fingerprint density at radius 2 is 2.00 bits per heavy atom. The SMILES string of the molecule is CC(C)C(=C=CC[C@@H](O)c1ccc(CO)o1)C[C@@H](O)c1ccccn1. The Bertz CT molecular complexity index is 714. The number of aliphatic hydroxyl groups is 3. The highest BCUT2D eigenvalue weighted by atomic mass is 16.4. The average molecular weight is 343 g/mol. The first-order valence-corrected chi connectivity index (χ1v) is 8.41. The molecule has 2 rings (SSSR count). The lowest BCUT2D eigenvalue weighted by molar-refractivity contribution is 0.145. The van der Waals surface area contributed by atoms with Crippen molar-refractivity contribution in [3.8, 4) is 0 Å². The highest BCUT2D eigenvalue weighted by Crippen LogP contribution is 2.24. The molecule has 2 heterocycles. The quantitative estimate of drug-likeness (QED) is 0.639. The summed E-state index contributed by atoms with van der Waals surface area (Å²) in [5.41, 5.74) is 4.79. The molecule has 134 valence electrons. The lowest BCUT2D eigenvalue weighted by Gasteiger charge is -2.14. The highest BCUT2D eigenvalue weighted by molar-refractivity contribution is 5.14. The van der Waals surface area contributed by atoms with Gasteiger partial charge in [0.05, 0.1) is 5.69 Å². The van der Waals surface area contributed by atoms with Crippen LogP contribution in [0.25, 0.3) is 0 Å².